The van der Waals surface area contributed by atoms with Crippen molar-refractivity contribution in [3.05, 3.63) is 0 Å². The average molecular weight is 187 g/mol. The number of ether oxygens (including phenoxy) is 1. The van der Waals surface area contributed by atoms with E-state index < -0.39 is 5.97 Å². The zero-order valence-electron chi connectivity index (χ0n) is 7.58. The molecule has 3 N–H and O–H groups in total. The zero-order valence-corrected chi connectivity index (χ0v) is 9.58. The molecule has 0 bridgehead atoms. The maximum Gasteiger partial charge on any atom is 1.00 e. The molecule has 1 aliphatic rings. The predicted molar refractivity (Wildman–Crippen MR) is 35.1 cm³/mol. The summed E-state index contributed by atoms with van der Waals surface area (Å²) in [4.78, 5) is 8.89. The van der Waals surface area contributed by atoms with Crippen LogP contribution in [0.2, 0.25) is 0 Å². The Bertz CT molecular complexity index is 82.0. The maximum atomic E-state index is 8.89. The first-order valence-electron chi connectivity index (χ1n) is 3.30. The second-order valence-electron chi connectivity index (χ2n) is 1.97. The van der Waals surface area contributed by atoms with Crippen molar-refractivity contribution in [1.29, 1.82) is 0 Å². The quantitative estimate of drug-likeness (QED) is 0.382. The molecule has 1 aliphatic heterocycles. The fourth-order valence-electron chi connectivity index (χ4n) is 0.580. The van der Waals surface area contributed by atoms with E-state index >= 15 is 0 Å². The van der Waals surface area contributed by atoms with Gasteiger partial charge in [0.1, 0.15) is 0 Å². The molecule has 0 amide bonds. The number of carboxylic acid groups (broad SMARTS) is 1. The molecule has 12 heavy (non-hydrogen) atoms. The van der Waals surface area contributed by atoms with Crippen LogP contribution < -0.4 is 40.0 Å². The van der Waals surface area contributed by atoms with Crippen molar-refractivity contribution in [2.75, 3.05) is 26.3 Å². The maximum absolute atomic E-state index is 8.89. The van der Waals surface area contributed by atoms with Gasteiger partial charge < -0.3 is 25.4 Å². The van der Waals surface area contributed by atoms with E-state index in [2.05, 4.69) is 5.32 Å². The van der Waals surface area contributed by atoms with Gasteiger partial charge in [0.05, 0.1) is 26.3 Å². The summed E-state index contributed by atoms with van der Waals surface area (Å²) in [5.74, 6) is -1.08. The molecule has 1 rings (SSSR count). The summed E-state index contributed by atoms with van der Waals surface area (Å²) < 4.78 is 5.04. The minimum Gasteiger partial charge on any atom is -0.870 e. The monoisotopic (exact) mass is 187 g/mol. The van der Waals surface area contributed by atoms with Crippen molar-refractivity contribution in [2.45, 2.75) is 6.92 Å². The van der Waals surface area contributed by atoms with Gasteiger partial charge in [-0.1, -0.05) is 0 Å². The van der Waals surface area contributed by atoms with E-state index in [4.69, 9.17) is 14.6 Å². The smallest absolute Gasteiger partial charge is 0.870 e. The van der Waals surface area contributed by atoms with Crippen LogP contribution in [0, 0.1) is 0 Å². The van der Waals surface area contributed by atoms with Crippen molar-refractivity contribution < 1.29 is 55.0 Å². The van der Waals surface area contributed by atoms with Crippen LogP contribution in [-0.4, -0.2) is 37.7 Å². The fraction of sp³-hybridized carbons (Fsp3) is 0.833. The van der Waals surface area contributed by atoms with E-state index in [0.29, 0.717) is 0 Å². The van der Waals surface area contributed by atoms with Crippen LogP contribution in [0.5, 0.6) is 0 Å². The molecule has 0 unspecified atom stereocenters. The summed E-state index contributed by atoms with van der Waals surface area (Å²) in [6, 6.07) is 0. The first-order valence-corrected chi connectivity index (χ1v) is 3.30. The van der Waals surface area contributed by atoms with Crippen molar-refractivity contribution in [1.82, 2.24) is 0 Å². The van der Waals surface area contributed by atoms with Gasteiger partial charge in [0.2, 0.25) is 0 Å². The van der Waals surface area contributed by atoms with E-state index in [1.54, 1.807) is 0 Å². The number of hydrogen-bond donors (Lipinski definition) is 1. The van der Waals surface area contributed by atoms with Gasteiger partial charge in [-0.05, 0) is 6.92 Å². The summed E-state index contributed by atoms with van der Waals surface area (Å²) in [6.45, 7) is 5.17. The van der Waals surface area contributed by atoms with Gasteiger partial charge in [0.15, 0.2) is 0 Å². The molecule has 1 saturated heterocycles. The average Bonchev–Trinajstić information content (AvgIpc) is 1.90. The minimum atomic E-state index is -1.08. The number of morpholine rings is 1. The van der Waals surface area contributed by atoms with Crippen LogP contribution in [0.25, 0.3) is 0 Å². The number of rotatable bonds is 0. The zero-order chi connectivity index (χ0) is 7.82. The van der Waals surface area contributed by atoms with Gasteiger partial charge in [0, 0.05) is 5.97 Å². The van der Waals surface area contributed by atoms with Gasteiger partial charge in [-0.25, -0.2) is 0 Å². The van der Waals surface area contributed by atoms with Gasteiger partial charge in [0.25, 0.3) is 0 Å². The van der Waals surface area contributed by atoms with E-state index in [0.717, 1.165) is 33.2 Å². The Balaban J connectivity index is -0.000000124. The molecule has 0 aromatic heterocycles. The van der Waals surface area contributed by atoms with Gasteiger partial charge in [-0.2, -0.15) is 0 Å². The van der Waals surface area contributed by atoms with Crippen molar-refractivity contribution >= 4 is 5.97 Å². The number of nitrogens with two attached hydrogens (primary N) is 1. The molecule has 1 fully saturated rings. The van der Waals surface area contributed by atoms with Gasteiger partial charge in [-0.3, -0.25) is 0 Å². The molecular formula is C6H14NNaO4. The third-order valence-electron chi connectivity index (χ3n) is 0.933. The molecule has 5 nitrogen and oxygen atoms in total. The Morgan fingerprint density at radius 2 is 1.75 bits per heavy atom. The molecule has 0 spiro atoms. The largest absolute Gasteiger partial charge is 1.00 e. The van der Waals surface area contributed by atoms with Crippen molar-refractivity contribution in [2.24, 2.45) is 0 Å². The van der Waals surface area contributed by atoms with Crippen LogP contribution in [0.3, 0.4) is 0 Å². The Morgan fingerprint density at radius 3 is 1.83 bits per heavy atom. The predicted octanol–water partition coefficient (Wildman–Crippen LogP) is -5.84. The molecule has 0 aliphatic carbocycles. The molecule has 0 aromatic rings. The van der Waals surface area contributed by atoms with E-state index in [1.165, 1.54) is 0 Å². The Kier molecular flexibility index (Phi) is 21.1. The standard InChI is InChI=1S/C4H9NO.C2H4O2.Na.H2O/c1-3-6-4-2-5-1;1-2(3)4;;/h5H,1-4H2;1H3,(H,3,4);;1H2/q;;+1;/p-1. The van der Waals surface area contributed by atoms with Crippen LogP contribution in [0.4, 0.5) is 0 Å². The SMILES string of the molecule is C1COCC[NH2+]1.CC(=O)[O-].[Na+].[OH-]. The van der Waals surface area contributed by atoms with Crippen LogP contribution >= 0.6 is 0 Å². The van der Waals surface area contributed by atoms with E-state index in [9.17, 15) is 0 Å². The first-order chi connectivity index (χ1) is 4.73. The summed E-state index contributed by atoms with van der Waals surface area (Å²) in [5, 5.41) is 11.2. The topological polar surface area (TPSA) is 96.0 Å². The first kappa shape index (κ1) is 18.2. The van der Waals surface area contributed by atoms with E-state index in [-0.39, 0.29) is 35.0 Å². The van der Waals surface area contributed by atoms with E-state index in [1.807, 2.05) is 0 Å². The summed E-state index contributed by atoms with van der Waals surface area (Å²) in [5.41, 5.74) is 0. The van der Waals surface area contributed by atoms with Crippen molar-refractivity contribution in [3.63, 3.8) is 0 Å². The summed E-state index contributed by atoms with van der Waals surface area (Å²) in [6.07, 6.45) is 0. The fourth-order valence-corrected chi connectivity index (χ4v) is 0.580. The molecule has 0 radical (unpaired) electrons. The second-order valence-corrected chi connectivity index (χ2v) is 1.97. The van der Waals surface area contributed by atoms with Crippen LogP contribution in [0.1, 0.15) is 6.92 Å². The second kappa shape index (κ2) is 13.9. The Morgan fingerprint density at radius 1 is 1.42 bits per heavy atom. The number of carboxylic acids is 1. The molecule has 68 valence electrons. The molecular weight excluding hydrogens is 173 g/mol. The third kappa shape index (κ3) is 22.4. The normalized spacial score (nSPS) is 14.1. The number of carbonyl (C=O) groups excluding carboxylic acids is 1. The number of aliphatic carboxylic acids is 1. The summed E-state index contributed by atoms with van der Waals surface area (Å²) in [7, 11) is 0. The number of quaternary nitrogens is 1. The summed E-state index contributed by atoms with van der Waals surface area (Å²) >= 11 is 0. The number of hydrogen-bond acceptors (Lipinski definition) is 4. The Hall–Kier alpha value is 0.350. The van der Waals surface area contributed by atoms with Gasteiger partial charge in [-0.15, -0.1) is 0 Å². The van der Waals surface area contributed by atoms with Gasteiger partial charge >= 0.3 is 29.6 Å². The Labute approximate surface area is 94.1 Å². The number of carbonyl (C=O) groups is 1. The van der Waals surface area contributed by atoms with Crippen molar-refractivity contribution in [3.8, 4) is 0 Å². The van der Waals surface area contributed by atoms with Crippen LogP contribution in [-0.2, 0) is 9.53 Å². The molecule has 0 atom stereocenters. The molecule has 6 heteroatoms. The molecule has 0 saturated carbocycles. The minimum absolute atomic E-state index is 0. The molecule has 0 aromatic carbocycles. The van der Waals surface area contributed by atoms with Crippen LogP contribution in [0.15, 0.2) is 0 Å². The molecule has 1 heterocycles. The third-order valence-corrected chi connectivity index (χ3v) is 0.933.